The van der Waals surface area contributed by atoms with Gasteiger partial charge in [0.05, 0.1) is 11.7 Å². The highest BCUT2D eigenvalue weighted by Crippen LogP contribution is 2.31. The fourth-order valence-corrected chi connectivity index (χ4v) is 3.59. The molecule has 1 aliphatic heterocycles. The summed E-state index contributed by atoms with van der Waals surface area (Å²) in [5.74, 6) is 0.394. The van der Waals surface area contributed by atoms with E-state index in [2.05, 4.69) is 10.3 Å². The Morgan fingerprint density at radius 1 is 1.24 bits per heavy atom. The summed E-state index contributed by atoms with van der Waals surface area (Å²) in [5.41, 5.74) is 0.790. The number of piperidine rings is 1. The van der Waals surface area contributed by atoms with E-state index in [0.717, 1.165) is 0 Å². The summed E-state index contributed by atoms with van der Waals surface area (Å²) in [7, 11) is 1.70. The number of carbonyl (C=O) groups is 1. The quantitative estimate of drug-likeness (QED) is 0.667. The molecule has 7 nitrogen and oxygen atoms in total. The van der Waals surface area contributed by atoms with Gasteiger partial charge in [0.2, 0.25) is 0 Å². The number of rotatable bonds is 4. The van der Waals surface area contributed by atoms with Crippen LogP contribution in [0.2, 0.25) is 0 Å². The number of carbonyl (C=O) groups excluding carboxylic acids is 1. The molecule has 3 heterocycles. The SMILES string of the molecule is Cn1cc(C(=O)N2CCC(Oc3cccc4c3ccn4CC(F)(F)F)CC2)nn1. The molecule has 0 atom stereocenters. The number of aryl methyl sites for hydroxylation is 1. The van der Waals surface area contributed by atoms with Crippen LogP contribution in [0.15, 0.2) is 36.7 Å². The van der Waals surface area contributed by atoms with Crippen molar-refractivity contribution in [2.24, 2.45) is 7.05 Å². The normalized spacial score (nSPS) is 15.8. The van der Waals surface area contributed by atoms with E-state index < -0.39 is 12.7 Å². The molecular formula is C19H20F3N5O2. The standard InChI is InChI=1S/C19H20F3N5O2/c1-25-11-15(23-24-25)18(28)26-8-5-13(6-9-26)29-17-4-2-3-16-14(17)7-10-27(16)12-19(20,21)22/h2-4,7,10-11,13H,5-6,8-9,12H2,1H3. The minimum absolute atomic E-state index is 0.113. The first-order valence-electron chi connectivity index (χ1n) is 9.27. The van der Waals surface area contributed by atoms with Crippen molar-refractivity contribution >= 4 is 16.8 Å². The van der Waals surface area contributed by atoms with Crippen LogP contribution in [0.25, 0.3) is 10.9 Å². The zero-order chi connectivity index (χ0) is 20.6. The number of likely N-dealkylation sites (tertiary alicyclic amines) is 1. The zero-order valence-electron chi connectivity index (χ0n) is 15.8. The second-order valence-electron chi connectivity index (χ2n) is 7.13. The van der Waals surface area contributed by atoms with Gasteiger partial charge in [0.1, 0.15) is 18.4 Å². The molecule has 0 spiro atoms. The molecule has 0 saturated carbocycles. The van der Waals surface area contributed by atoms with Gasteiger partial charge in [-0.2, -0.15) is 13.2 Å². The lowest BCUT2D eigenvalue weighted by Crippen LogP contribution is -2.42. The average Bonchev–Trinajstić information content (AvgIpc) is 3.28. The summed E-state index contributed by atoms with van der Waals surface area (Å²) in [6, 6.07) is 6.74. The first kappa shape index (κ1) is 19.3. The van der Waals surface area contributed by atoms with Crippen molar-refractivity contribution in [1.82, 2.24) is 24.5 Å². The maximum atomic E-state index is 12.8. The summed E-state index contributed by atoms with van der Waals surface area (Å²) >= 11 is 0. The van der Waals surface area contributed by atoms with Crippen LogP contribution < -0.4 is 4.74 Å². The van der Waals surface area contributed by atoms with Crippen molar-refractivity contribution < 1.29 is 22.7 Å². The lowest BCUT2D eigenvalue weighted by Gasteiger charge is -2.31. The number of hydrogen-bond acceptors (Lipinski definition) is 4. The second kappa shape index (κ2) is 7.41. The van der Waals surface area contributed by atoms with Crippen molar-refractivity contribution in [2.75, 3.05) is 13.1 Å². The average molecular weight is 407 g/mol. The molecule has 154 valence electrons. The molecule has 1 fully saturated rings. The van der Waals surface area contributed by atoms with Crippen molar-refractivity contribution in [3.8, 4) is 5.75 Å². The van der Waals surface area contributed by atoms with Gasteiger partial charge in [0, 0.05) is 44.6 Å². The molecule has 3 aromatic rings. The maximum Gasteiger partial charge on any atom is 0.406 e. The van der Waals surface area contributed by atoms with Crippen LogP contribution in [0, 0.1) is 0 Å². The van der Waals surface area contributed by atoms with Gasteiger partial charge in [-0.3, -0.25) is 9.48 Å². The fraction of sp³-hybridized carbons (Fsp3) is 0.421. The minimum Gasteiger partial charge on any atom is -0.490 e. The first-order valence-corrected chi connectivity index (χ1v) is 9.27. The number of halogens is 3. The van der Waals surface area contributed by atoms with Crippen LogP contribution in [0.1, 0.15) is 23.3 Å². The number of ether oxygens (including phenoxy) is 1. The first-order chi connectivity index (χ1) is 13.8. The topological polar surface area (TPSA) is 65.2 Å². The Labute approximate surface area is 164 Å². The van der Waals surface area contributed by atoms with Crippen molar-refractivity contribution in [3.05, 3.63) is 42.4 Å². The summed E-state index contributed by atoms with van der Waals surface area (Å²) in [6.07, 6.45) is -0.134. The van der Waals surface area contributed by atoms with Crippen LogP contribution in [-0.2, 0) is 13.6 Å². The van der Waals surface area contributed by atoms with Crippen LogP contribution in [-0.4, -0.2) is 55.7 Å². The lowest BCUT2D eigenvalue weighted by molar-refractivity contribution is -0.139. The molecule has 4 rings (SSSR count). The van der Waals surface area contributed by atoms with E-state index in [1.807, 2.05) is 0 Å². The van der Waals surface area contributed by atoms with E-state index in [0.29, 0.717) is 48.3 Å². The van der Waals surface area contributed by atoms with Crippen molar-refractivity contribution in [3.63, 3.8) is 0 Å². The van der Waals surface area contributed by atoms with Crippen molar-refractivity contribution in [2.45, 2.75) is 31.7 Å². The predicted molar refractivity (Wildman–Crippen MR) is 98.5 cm³/mol. The Kier molecular flexibility index (Phi) is 4.93. The molecule has 1 amide bonds. The van der Waals surface area contributed by atoms with Crippen LogP contribution in [0.5, 0.6) is 5.75 Å². The van der Waals surface area contributed by atoms with Crippen LogP contribution in [0.3, 0.4) is 0 Å². The highest BCUT2D eigenvalue weighted by Gasteiger charge is 2.29. The molecule has 29 heavy (non-hydrogen) atoms. The lowest BCUT2D eigenvalue weighted by atomic mass is 10.1. The fourth-order valence-electron chi connectivity index (χ4n) is 3.59. The van der Waals surface area contributed by atoms with Gasteiger partial charge in [0.15, 0.2) is 5.69 Å². The highest BCUT2D eigenvalue weighted by molar-refractivity contribution is 5.92. The molecule has 2 aromatic heterocycles. The molecule has 0 bridgehead atoms. The van der Waals surface area contributed by atoms with E-state index in [1.54, 1.807) is 42.4 Å². The largest absolute Gasteiger partial charge is 0.490 e. The van der Waals surface area contributed by atoms with Gasteiger partial charge in [-0.05, 0) is 18.2 Å². The number of benzene rings is 1. The Morgan fingerprint density at radius 2 is 2.00 bits per heavy atom. The Morgan fingerprint density at radius 3 is 2.66 bits per heavy atom. The monoisotopic (exact) mass is 407 g/mol. The summed E-state index contributed by atoms with van der Waals surface area (Å²) in [6.45, 7) is -0.000888. The molecule has 1 aliphatic rings. The number of alkyl halides is 3. The van der Waals surface area contributed by atoms with E-state index >= 15 is 0 Å². The third kappa shape index (κ3) is 4.20. The molecule has 1 aromatic carbocycles. The van der Waals surface area contributed by atoms with Gasteiger partial charge in [-0.25, -0.2) is 0 Å². The molecule has 0 unspecified atom stereocenters. The Balaban J connectivity index is 1.42. The number of hydrogen-bond donors (Lipinski definition) is 0. The van der Waals surface area contributed by atoms with Gasteiger partial charge in [-0.15, -0.1) is 5.10 Å². The van der Waals surface area contributed by atoms with Gasteiger partial charge < -0.3 is 14.2 Å². The summed E-state index contributed by atoms with van der Waals surface area (Å²) < 4.78 is 47.0. The Hall–Kier alpha value is -3.04. The molecule has 0 radical (unpaired) electrons. The molecular weight excluding hydrogens is 387 g/mol. The van der Waals surface area contributed by atoms with E-state index in [1.165, 1.54) is 15.4 Å². The van der Waals surface area contributed by atoms with E-state index in [4.69, 9.17) is 4.74 Å². The molecule has 0 aliphatic carbocycles. The number of fused-ring (bicyclic) bond motifs is 1. The van der Waals surface area contributed by atoms with Gasteiger partial charge in [0.25, 0.3) is 5.91 Å². The summed E-state index contributed by atoms with van der Waals surface area (Å²) in [4.78, 5) is 14.2. The second-order valence-corrected chi connectivity index (χ2v) is 7.13. The predicted octanol–water partition coefficient (Wildman–Crippen LogP) is 3.02. The third-order valence-corrected chi connectivity index (χ3v) is 4.97. The number of aromatic nitrogens is 4. The third-order valence-electron chi connectivity index (χ3n) is 4.97. The maximum absolute atomic E-state index is 12.8. The molecule has 0 N–H and O–H groups in total. The van der Waals surface area contributed by atoms with Gasteiger partial charge >= 0.3 is 6.18 Å². The Bertz CT molecular complexity index is 1020. The number of amides is 1. The molecule has 1 saturated heterocycles. The zero-order valence-corrected chi connectivity index (χ0v) is 15.8. The van der Waals surface area contributed by atoms with Crippen LogP contribution in [0.4, 0.5) is 13.2 Å². The van der Waals surface area contributed by atoms with Gasteiger partial charge in [-0.1, -0.05) is 11.3 Å². The van der Waals surface area contributed by atoms with Crippen LogP contribution >= 0.6 is 0 Å². The summed E-state index contributed by atoms with van der Waals surface area (Å²) in [5, 5.41) is 8.27. The highest BCUT2D eigenvalue weighted by atomic mass is 19.4. The molecule has 10 heteroatoms. The smallest absolute Gasteiger partial charge is 0.406 e. The number of nitrogens with zero attached hydrogens (tertiary/aromatic N) is 5. The van der Waals surface area contributed by atoms with Crippen molar-refractivity contribution in [1.29, 1.82) is 0 Å². The van der Waals surface area contributed by atoms with E-state index in [-0.39, 0.29) is 12.0 Å². The minimum atomic E-state index is -4.29. The van der Waals surface area contributed by atoms with E-state index in [9.17, 15) is 18.0 Å².